The van der Waals surface area contributed by atoms with Gasteiger partial charge < -0.3 is 34.3 Å². The zero-order valence-corrected chi connectivity index (χ0v) is 20.0. The van der Waals surface area contributed by atoms with Crippen LogP contribution in [-0.4, -0.2) is 46.9 Å². The van der Waals surface area contributed by atoms with Gasteiger partial charge in [0.25, 0.3) is 11.8 Å². The summed E-state index contributed by atoms with van der Waals surface area (Å²) in [5.74, 6) is 2.03. The number of ether oxygens (including phenoxy) is 5. The lowest BCUT2D eigenvalue weighted by molar-refractivity contribution is -0.118. The van der Waals surface area contributed by atoms with Crippen LogP contribution < -0.4 is 34.3 Å². The van der Waals surface area contributed by atoms with Gasteiger partial charge in [0.05, 0.1) is 28.4 Å². The van der Waals surface area contributed by atoms with Crippen LogP contribution in [0, 0.1) is 0 Å². The van der Waals surface area contributed by atoms with Crippen LogP contribution in [0.25, 0.3) is 0 Å². The van der Waals surface area contributed by atoms with E-state index >= 15 is 0 Å². The molecule has 2 N–H and O–H groups in total. The molecule has 0 radical (unpaired) electrons. The summed E-state index contributed by atoms with van der Waals surface area (Å²) in [6.45, 7) is 0.0854. The van der Waals surface area contributed by atoms with Crippen LogP contribution in [0.1, 0.15) is 15.9 Å². The minimum Gasteiger partial charge on any atom is -0.497 e. The van der Waals surface area contributed by atoms with Crippen molar-refractivity contribution in [2.24, 2.45) is 0 Å². The molecule has 0 fully saturated rings. The number of hydrogen-bond donors (Lipinski definition) is 2. The van der Waals surface area contributed by atoms with Gasteiger partial charge in [0.2, 0.25) is 5.75 Å². The highest BCUT2D eigenvalue weighted by atomic mass is 16.5. The van der Waals surface area contributed by atoms with Crippen molar-refractivity contribution in [2.45, 2.75) is 6.54 Å². The van der Waals surface area contributed by atoms with E-state index in [1.165, 1.54) is 21.3 Å². The Balaban J connectivity index is 1.53. The van der Waals surface area contributed by atoms with Gasteiger partial charge in [-0.05, 0) is 54.1 Å². The Bertz CT molecular complexity index is 1140. The van der Waals surface area contributed by atoms with Gasteiger partial charge in [0.15, 0.2) is 18.1 Å². The standard InChI is InChI=1S/C26H28N2O7/c1-31-21-7-5-6-19(14-21)28-24(29)16-35-20-10-8-18(9-11-20)26(30)27-15-17-12-22(32-2)25(34-4)23(13-17)33-3/h5-14H,15-16H2,1-4H3,(H,27,30)(H,28,29). The summed E-state index contributed by atoms with van der Waals surface area (Å²) < 4.78 is 26.7. The van der Waals surface area contributed by atoms with Crippen molar-refractivity contribution in [3.63, 3.8) is 0 Å². The number of carbonyl (C=O) groups is 2. The summed E-state index contributed by atoms with van der Waals surface area (Å²) in [5.41, 5.74) is 1.84. The Morgan fingerprint density at radius 2 is 1.46 bits per heavy atom. The Morgan fingerprint density at radius 1 is 0.771 bits per heavy atom. The van der Waals surface area contributed by atoms with E-state index in [1.807, 2.05) is 0 Å². The maximum atomic E-state index is 12.6. The molecule has 184 valence electrons. The van der Waals surface area contributed by atoms with Crippen molar-refractivity contribution < 1.29 is 33.3 Å². The molecule has 0 aliphatic carbocycles. The maximum absolute atomic E-state index is 12.6. The summed E-state index contributed by atoms with van der Waals surface area (Å²) in [6, 6.07) is 17.1. The number of amides is 2. The first kappa shape index (κ1) is 25.2. The van der Waals surface area contributed by atoms with E-state index in [0.29, 0.717) is 40.0 Å². The highest BCUT2D eigenvalue weighted by Gasteiger charge is 2.14. The molecule has 0 spiro atoms. The smallest absolute Gasteiger partial charge is 0.262 e. The summed E-state index contributed by atoms with van der Waals surface area (Å²) in [7, 11) is 6.15. The van der Waals surface area contributed by atoms with Crippen molar-refractivity contribution in [1.29, 1.82) is 0 Å². The largest absolute Gasteiger partial charge is 0.497 e. The Morgan fingerprint density at radius 3 is 2.06 bits per heavy atom. The monoisotopic (exact) mass is 480 g/mol. The van der Waals surface area contributed by atoms with E-state index in [-0.39, 0.29) is 25.0 Å². The Labute approximate surface area is 203 Å². The minimum atomic E-state index is -0.314. The zero-order chi connectivity index (χ0) is 25.2. The number of anilines is 1. The van der Waals surface area contributed by atoms with Crippen molar-refractivity contribution in [3.05, 3.63) is 71.8 Å². The molecule has 0 bridgehead atoms. The molecule has 3 aromatic rings. The van der Waals surface area contributed by atoms with Gasteiger partial charge in [-0.15, -0.1) is 0 Å². The van der Waals surface area contributed by atoms with E-state index in [2.05, 4.69) is 10.6 Å². The molecular weight excluding hydrogens is 452 g/mol. The first-order valence-electron chi connectivity index (χ1n) is 10.7. The molecule has 0 saturated carbocycles. The first-order valence-corrected chi connectivity index (χ1v) is 10.7. The third kappa shape index (κ3) is 6.80. The fourth-order valence-electron chi connectivity index (χ4n) is 3.27. The molecule has 3 aromatic carbocycles. The third-order valence-corrected chi connectivity index (χ3v) is 5.02. The van der Waals surface area contributed by atoms with E-state index < -0.39 is 0 Å². The number of nitrogens with one attached hydrogen (secondary N) is 2. The van der Waals surface area contributed by atoms with Crippen molar-refractivity contribution >= 4 is 17.5 Å². The third-order valence-electron chi connectivity index (χ3n) is 5.02. The second-order valence-electron chi connectivity index (χ2n) is 7.31. The van der Waals surface area contributed by atoms with Crippen molar-refractivity contribution in [3.8, 4) is 28.7 Å². The van der Waals surface area contributed by atoms with E-state index in [1.54, 1.807) is 67.8 Å². The molecule has 9 nitrogen and oxygen atoms in total. The van der Waals surface area contributed by atoms with Crippen LogP contribution in [0.15, 0.2) is 60.7 Å². The number of methoxy groups -OCH3 is 4. The van der Waals surface area contributed by atoms with Gasteiger partial charge in [-0.3, -0.25) is 9.59 Å². The lowest BCUT2D eigenvalue weighted by atomic mass is 10.1. The summed E-state index contributed by atoms with van der Waals surface area (Å²) >= 11 is 0. The normalized spacial score (nSPS) is 10.2. The number of benzene rings is 3. The van der Waals surface area contributed by atoms with Crippen molar-refractivity contribution in [2.75, 3.05) is 40.4 Å². The molecule has 0 atom stereocenters. The average molecular weight is 481 g/mol. The molecule has 0 aliphatic rings. The van der Waals surface area contributed by atoms with Crippen LogP contribution in [0.5, 0.6) is 28.7 Å². The second kappa shape index (κ2) is 12.2. The van der Waals surface area contributed by atoms with E-state index in [4.69, 9.17) is 23.7 Å². The Hall–Kier alpha value is -4.40. The molecule has 0 aliphatic heterocycles. The summed E-state index contributed by atoms with van der Waals surface area (Å²) in [4.78, 5) is 24.7. The lowest BCUT2D eigenvalue weighted by Gasteiger charge is -2.14. The number of rotatable bonds is 11. The van der Waals surface area contributed by atoms with E-state index in [0.717, 1.165) is 5.56 Å². The van der Waals surface area contributed by atoms with Crippen LogP contribution in [-0.2, 0) is 11.3 Å². The topological polar surface area (TPSA) is 104 Å². The fourth-order valence-corrected chi connectivity index (χ4v) is 3.27. The van der Waals surface area contributed by atoms with Crippen molar-refractivity contribution in [1.82, 2.24) is 5.32 Å². The van der Waals surface area contributed by atoms with Crippen LogP contribution >= 0.6 is 0 Å². The quantitative estimate of drug-likeness (QED) is 0.432. The van der Waals surface area contributed by atoms with Crippen LogP contribution in [0.3, 0.4) is 0 Å². The molecule has 0 aromatic heterocycles. The summed E-state index contributed by atoms with van der Waals surface area (Å²) in [6.07, 6.45) is 0. The second-order valence-corrected chi connectivity index (χ2v) is 7.31. The van der Waals surface area contributed by atoms with Gasteiger partial charge in [-0.1, -0.05) is 6.07 Å². The maximum Gasteiger partial charge on any atom is 0.262 e. The molecule has 0 saturated heterocycles. The first-order chi connectivity index (χ1) is 17.0. The zero-order valence-electron chi connectivity index (χ0n) is 20.0. The molecule has 0 heterocycles. The highest BCUT2D eigenvalue weighted by Crippen LogP contribution is 2.38. The van der Waals surface area contributed by atoms with E-state index in [9.17, 15) is 9.59 Å². The lowest BCUT2D eigenvalue weighted by Crippen LogP contribution is -2.23. The number of carbonyl (C=O) groups excluding carboxylic acids is 2. The van der Waals surface area contributed by atoms with Gasteiger partial charge >= 0.3 is 0 Å². The average Bonchev–Trinajstić information content (AvgIpc) is 2.90. The fraction of sp³-hybridized carbons (Fsp3) is 0.231. The highest BCUT2D eigenvalue weighted by molar-refractivity contribution is 5.94. The molecule has 9 heteroatoms. The van der Waals surface area contributed by atoms with Gasteiger partial charge in [-0.2, -0.15) is 0 Å². The molecule has 3 rings (SSSR count). The summed E-state index contributed by atoms with van der Waals surface area (Å²) in [5, 5.41) is 5.59. The SMILES string of the molecule is COc1cccc(NC(=O)COc2ccc(C(=O)NCc3cc(OC)c(OC)c(OC)c3)cc2)c1. The minimum absolute atomic E-state index is 0.177. The molecule has 0 unspecified atom stereocenters. The van der Waals surface area contributed by atoms with Gasteiger partial charge in [-0.25, -0.2) is 0 Å². The molecular formula is C26H28N2O7. The molecule has 2 amide bonds. The molecule has 35 heavy (non-hydrogen) atoms. The number of hydrogen-bond acceptors (Lipinski definition) is 7. The van der Waals surface area contributed by atoms with Gasteiger partial charge in [0, 0.05) is 23.9 Å². The van der Waals surface area contributed by atoms with Gasteiger partial charge in [0.1, 0.15) is 11.5 Å². The Kier molecular flexibility index (Phi) is 8.77. The predicted octanol–water partition coefficient (Wildman–Crippen LogP) is 3.67. The predicted molar refractivity (Wildman–Crippen MR) is 131 cm³/mol. The van der Waals surface area contributed by atoms with Crippen LogP contribution in [0.4, 0.5) is 5.69 Å². The van der Waals surface area contributed by atoms with Crippen LogP contribution in [0.2, 0.25) is 0 Å².